The van der Waals surface area contributed by atoms with Gasteiger partial charge in [-0.1, -0.05) is 36.4 Å². The van der Waals surface area contributed by atoms with E-state index in [0.717, 1.165) is 43.0 Å². The normalized spacial score (nSPS) is 18.4. The zero-order valence-corrected chi connectivity index (χ0v) is 25.4. The van der Waals surface area contributed by atoms with E-state index in [1.54, 1.807) is 30.3 Å². The number of aryl methyl sites for hydroxylation is 3. The third kappa shape index (κ3) is 4.76. The van der Waals surface area contributed by atoms with Gasteiger partial charge in [-0.3, -0.25) is 4.79 Å². The molecule has 5 rings (SSSR count). The standard InChI is InChI=1S/C30H36N4O4S2/c1-7-34-24-13-12-23(19(3)28(24)31-32-34)27(30(5,6)29(35)36)25-15-22(20(4)39-25)17-33-16-18(2)14-21-10-8-9-11-26(21)40(33,37)38/h8-13,15,18,27H,7,14,16-17H2,1-6H3,(H,35,36)/t18-,27-/m1/s1. The second kappa shape index (κ2) is 10.4. The molecule has 4 aromatic rings. The van der Waals surface area contributed by atoms with E-state index in [4.69, 9.17) is 0 Å². The van der Waals surface area contributed by atoms with Crippen LogP contribution in [0.4, 0.5) is 0 Å². The molecule has 0 radical (unpaired) electrons. The first kappa shape index (κ1) is 28.4. The van der Waals surface area contributed by atoms with Crippen molar-refractivity contribution in [1.82, 2.24) is 19.3 Å². The molecule has 0 unspecified atom stereocenters. The predicted octanol–water partition coefficient (Wildman–Crippen LogP) is 5.76. The van der Waals surface area contributed by atoms with Gasteiger partial charge in [0.25, 0.3) is 0 Å². The van der Waals surface area contributed by atoms with E-state index in [1.807, 2.05) is 55.8 Å². The van der Waals surface area contributed by atoms with Crippen molar-refractivity contribution in [2.45, 2.75) is 71.9 Å². The lowest BCUT2D eigenvalue weighted by molar-refractivity contribution is -0.147. The topological polar surface area (TPSA) is 105 Å². The Morgan fingerprint density at radius 3 is 2.62 bits per heavy atom. The first-order valence-corrected chi connectivity index (χ1v) is 15.8. The van der Waals surface area contributed by atoms with Gasteiger partial charge in [0, 0.05) is 35.3 Å². The van der Waals surface area contributed by atoms with Crippen LogP contribution >= 0.6 is 11.3 Å². The van der Waals surface area contributed by atoms with E-state index in [0.29, 0.717) is 24.4 Å². The van der Waals surface area contributed by atoms with Crippen LogP contribution in [0.3, 0.4) is 0 Å². The quantitative estimate of drug-likeness (QED) is 0.298. The molecule has 212 valence electrons. The van der Waals surface area contributed by atoms with Crippen LogP contribution in [0.5, 0.6) is 0 Å². The molecule has 1 N–H and O–H groups in total. The minimum atomic E-state index is -3.68. The maximum Gasteiger partial charge on any atom is 0.310 e. The maximum absolute atomic E-state index is 13.7. The number of hydrogen-bond donors (Lipinski definition) is 1. The van der Waals surface area contributed by atoms with Gasteiger partial charge in [0.05, 0.1) is 15.8 Å². The van der Waals surface area contributed by atoms with Crippen LogP contribution in [0.15, 0.2) is 47.4 Å². The van der Waals surface area contributed by atoms with Crippen LogP contribution in [-0.4, -0.2) is 45.3 Å². The molecule has 1 aliphatic rings. The lowest BCUT2D eigenvalue weighted by Crippen LogP contribution is -2.33. The Bertz CT molecular complexity index is 1700. The van der Waals surface area contributed by atoms with E-state index < -0.39 is 27.3 Å². The Morgan fingerprint density at radius 2 is 1.93 bits per heavy atom. The number of nitrogens with zero attached hydrogens (tertiary/aromatic N) is 4. The van der Waals surface area contributed by atoms with Crippen molar-refractivity contribution in [3.8, 4) is 0 Å². The Labute approximate surface area is 239 Å². The van der Waals surface area contributed by atoms with Crippen LogP contribution in [0, 0.1) is 25.2 Å². The van der Waals surface area contributed by atoms with E-state index in [1.165, 1.54) is 11.3 Å². The SMILES string of the molecule is CCn1nnc2c(C)c([C@H](c3cc(CN4C[C@H](C)Cc5ccccc5S4(=O)=O)c(C)s3)C(C)(C)C(=O)O)ccc21. The number of carbonyl (C=O) groups is 1. The van der Waals surface area contributed by atoms with Crippen LogP contribution in [-0.2, 0) is 34.3 Å². The van der Waals surface area contributed by atoms with Crippen LogP contribution < -0.4 is 0 Å². The fourth-order valence-corrected chi connectivity index (χ4v) is 9.00. The summed E-state index contributed by atoms with van der Waals surface area (Å²) in [5.74, 6) is -1.19. The molecule has 0 aliphatic carbocycles. The third-order valence-electron chi connectivity index (χ3n) is 8.21. The molecule has 1 aliphatic heterocycles. The van der Waals surface area contributed by atoms with Crippen molar-refractivity contribution in [2.24, 2.45) is 11.3 Å². The molecule has 0 saturated carbocycles. The van der Waals surface area contributed by atoms with Crippen molar-refractivity contribution < 1.29 is 18.3 Å². The monoisotopic (exact) mass is 580 g/mol. The van der Waals surface area contributed by atoms with Crippen molar-refractivity contribution in [3.63, 3.8) is 0 Å². The van der Waals surface area contributed by atoms with E-state index in [-0.39, 0.29) is 12.5 Å². The van der Waals surface area contributed by atoms with Crippen LogP contribution in [0.1, 0.15) is 65.6 Å². The molecule has 0 saturated heterocycles. The molecule has 0 bridgehead atoms. The summed E-state index contributed by atoms with van der Waals surface area (Å²) in [6.07, 6.45) is 0.707. The molecule has 0 spiro atoms. The third-order valence-corrected chi connectivity index (χ3v) is 11.3. The zero-order valence-electron chi connectivity index (χ0n) is 23.8. The average molecular weight is 581 g/mol. The molecule has 2 aromatic heterocycles. The number of carboxylic acid groups (broad SMARTS) is 1. The number of sulfonamides is 1. The van der Waals surface area contributed by atoms with Crippen molar-refractivity contribution >= 4 is 38.4 Å². The van der Waals surface area contributed by atoms with Gasteiger partial charge < -0.3 is 5.11 Å². The first-order valence-electron chi connectivity index (χ1n) is 13.6. The van der Waals surface area contributed by atoms with E-state index >= 15 is 0 Å². The molecule has 0 fully saturated rings. The number of hydrogen-bond acceptors (Lipinski definition) is 6. The van der Waals surface area contributed by atoms with Gasteiger partial charge in [0.2, 0.25) is 10.0 Å². The highest BCUT2D eigenvalue weighted by molar-refractivity contribution is 7.89. The fourth-order valence-electron chi connectivity index (χ4n) is 5.88. The van der Waals surface area contributed by atoms with Crippen LogP contribution in [0.25, 0.3) is 11.0 Å². The number of aromatic nitrogens is 3. The minimum Gasteiger partial charge on any atom is -0.481 e. The van der Waals surface area contributed by atoms with Gasteiger partial charge in [-0.25, -0.2) is 13.1 Å². The Kier molecular flexibility index (Phi) is 7.39. The van der Waals surface area contributed by atoms with Crippen LogP contribution in [0.2, 0.25) is 0 Å². The molecule has 2 atom stereocenters. The van der Waals surface area contributed by atoms with Crippen molar-refractivity contribution in [1.29, 1.82) is 0 Å². The maximum atomic E-state index is 13.7. The number of rotatable bonds is 7. The molecule has 10 heteroatoms. The molecular weight excluding hydrogens is 544 g/mol. The lowest BCUT2D eigenvalue weighted by atomic mass is 9.72. The summed E-state index contributed by atoms with van der Waals surface area (Å²) in [6.45, 7) is 12.9. The lowest BCUT2D eigenvalue weighted by Gasteiger charge is -2.31. The highest BCUT2D eigenvalue weighted by Crippen LogP contribution is 2.47. The molecule has 0 amide bonds. The summed E-state index contributed by atoms with van der Waals surface area (Å²) in [5.41, 5.74) is 4.11. The molecule has 8 nitrogen and oxygen atoms in total. The van der Waals surface area contributed by atoms with Gasteiger partial charge in [-0.2, -0.15) is 4.31 Å². The summed E-state index contributed by atoms with van der Waals surface area (Å²) in [7, 11) is -3.68. The summed E-state index contributed by atoms with van der Waals surface area (Å²) in [5, 5.41) is 19.0. The number of aliphatic carboxylic acids is 1. The highest BCUT2D eigenvalue weighted by atomic mass is 32.2. The van der Waals surface area contributed by atoms with Gasteiger partial charge in [-0.15, -0.1) is 16.4 Å². The summed E-state index contributed by atoms with van der Waals surface area (Å²) < 4.78 is 30.9. The van der Waals surface area contributed by atoms with Crippen molar-refractivity contribution in [3.05, 3.63) is 74.5 Å². The van der Waals surface area contributed by atoms with E-state index in [9.17, 15) is 18.3 Å². The molecule has 40 heavy (non-hydrogen) atoms. The smallest absolute Gasteiger partial charge is 0.310 e. The first-order chi connectivity index (χ1) is 18.9. The Hall–Kier alpha value is -3.08. The minimum absolute atomic E-state index is 0.168. The van der Waals surface area contributed by atoms with Gasteiger partial charge in [0.1, 0.15) is 5.52 Å². The molecule has 3 heterocycles. The largest absolute Gasteiger partial charge is 0.481 e. The number of thiophene rings is 1. The van der Waals surface area contributed by atoms with E-state index in [2.05, 4.69) is 17.2 Å². The Balaban J connectivity index is 1.59. The number of carboxylic acids is 1. The highest BCUT2D eigenvalue weighted by Gasteiger charge is 2.41. The second-order valence-electron chi connectivity index (χ2n) is 11.5. The van der Waals surface area contributed by atoms with Gasteiger partial charge in [0.15, 0.2) is 0 Å². The predicted molar refractivity (Wildman–Crippen MR) is 157 cm³/mol. The summed E-state index contributed by atoms with van der Waals surface area (Å²) >= 11 is 1.54. The van der Waals surface area contributed by atoms with Gasteiger partial charge >= 0.3 is 5.97 Å². The summed E-state index contributed by atoms with van der Waals surface area (Å²) in [4.78, 5) is 14.9. The number of benzene rings is 2. The Morgan fingerprint density at radius 1 is 1.20 bits per heavy atom. The summed E-state index contributed by atoms with van der Waals surface area (Å²) in [6, 6.07) is 13.2. The fraction of sp³-hybridized carbons (Fsp3) is 0.433. The molecule has 2 aromatic carbocycles. The zero-order chi connectivity index (χ0) is 29.0. The molecular formula is C30H36N4O4S2. The second-order valence-corrected chi connectivity index (χ2v) is 14.7. The number of fused-ring (bicyclic) bond motifs is 2. The van der Waals surface area contributed by atoms with Gasteiger partial charge in [-0.05, 0) is 87.4 Å². The van der Waals surface area contributed by atoms with Crippen molar-refractivity contribution in [2.75, 3.05) is 6.54 Å². The average Bonchev–Trinajstić information content (AvgIpc) is 3.46.